The van der Waals surface area contributed by atoms with Crippen LogP contribution in [-0.2, 0) is 4.79 Å². The van der Waals surface area contributed by atoms with Gasteiger partial charge in [0.25, 0.3) is 11.8 Å². The zero-order valence-corrected chi connectivity index (χ0v) is 14.6. The molecule has 10 nitrogen and oxygen atoms in total. The van der Waals surface area contributed by atoms with Gasteiger partial charge in [0.15, 0.2) is 5.76 Å². The lowest BCUT2D eigenvalue weighted by Crippen LogP contribution is -2.40. The van der Waals surface area contributed by atoms with E-state index in [1.807, 2.05) is 0 Å². The van der Waals surface area contributed by atoms with Crippen LogP contribution >= 0.6 is 0 Å². The van der Waals surface area contributed by atoms with Crippen LogP contribution in [-0.4, -0.2) is 35.2 Å². The minimum atomic E-state index is -0.764. The van der Waals surface area contributed by atoms with Crippen molar-refractivity contribution in [3.05, 3.63) is 57.8 Å². The Morgan fingerprint density at radius 3 is 2.44 bits per heavy atom. The lowest BCUT2D eigenvalue weighted by molar-refractivity contribution is -0.402. The fourth-order valence-corrected chi connectivity index (χ4v) is 2.15. The second-order valence-corrected chi connectivity index (χ2v) is 5.80. The molecule has 0 bridgehead atoms. The van der Waals surface area contributed by atoms with Crippen molar-refractivity contribution in [2.45, 2.75) is 19.9 Å². The lowest BCUT2D eigenvalue weighted by Gasteiger charge is -2.12. The molecule has 1 heterocycles. The molecule has 2 aromatic rings. The van der Waals surface area contributed by atoms with Gasteiger partial charge in [-0.2, -0.15) is 0 Å². The number of anilines is 1. The Morgan fingerprint density at radius 1 is 1.11 bits per heavy atom. The van der Waals surface area contributed by atoms with Crippen molar-refractivity contribution in [2.75, 3.05) is 11.9 Å². The van der Waals surface area contributed by atoms with Crippen LogP contribution in [0.3, 0.4) is 0 Å². The average Bonchev–Trinajstić information content (AvgIpc) is 3.10. The van der Waals surface area contributed by atoms with Crippen molar-refractivity contribution in [3.63, 3.8) is 0 Å². The summed E-state index contributed by atoms with van der Waals surface area (Å²) in [5, 5.41) is 18.2. The van der Waals surface area contributed by atoms with Gasteiger partial charge in [0.1, 0.15) is 4.92 Å². The number of nitrogens with one attached hydrogen (secondary N) is 3. The molecular formula is C17H18N4O6. The first-order valence-corrected chi connectivity index (χ1v) is 8.00. The van der Waals surface area contributed by atoms with Gasteiger partial charge in [-0.25, -0.2) is 0 Å². The maximum absolute atomic E-state index is 12.3. The Kier molecular flexibility index (Phi) is 6.26. The highest BCUT2D eigenvalue weighted by molar-refractivity contribution is 6.08. The third kappa shape index (κ3) is 5.39. The van der Waals surface area contributed by atoms with Gasteiger partial charge in [-0.15, -0.1) is 0 Å². The van der Waals surface area contributed by atoms with Gasteiger partial charge >= 0.3 is 5.88 Å². The monoisotopic (exact) mass is 374 g/mol. The van der Waals surface area contributed by atoms with Crippen LogP contribution in [0.15, 0.2) is 40.8 Å². The average molecular weight is 374 g/mol. The maximum atomic E-state index is 12.3. The van der Waals surface area contributed by atoms with Crippen LogP contribution in [0.5, 0.6) is 0 Å². The molecule has 1 aromatic heterocycles. The van der Waals surface area contributed by atoms with E-state index in [-0.39, 0.29) is 35.5 Å². The van der Waals surface area contributed by atoms with Gasteiger partial charge in [-0.3, -0.25) is 24.5 Å². The molecule has 0 aliphatic heterocycles. The summed E-state index contributed by atoms with van der Waals surface area (Å²) in [7, 11) is 0. The maximum Gasteiger partial charge on any atom is 0.433 e. The van der Waals surface area contributed by atoms with Crippen molar-refractivity contribution in [3.8, 4) is 0 Å². The summed E-state index contributed by atoms with van der Waals surface area (Å²) in [6.07, 6.45) is 0. The Bertz CT molecular complexity index is 874. The summed E-state index contributed by atoms with van der Waals surface area (Å²) < 4.78 is 4.83. The number of carbonyl (C=O) groups excluding carboxylic acids is 3. The molecule has 0 saturated heterocycles. The molecule has 0 atom stereocenters. The first-order valence-electron chi connectivity index (χ1n) is 8.00. The Labute approximate surface area is 154 Å². The predicted molar refractivity (Wildman–Crippen MR) is 95.4 cm³/mol. The van der Waals surface area contributed by atoms with Gasteiger partial charge in [0, 0.05) is 6.04 Å². The number of benzene rings is 1. The van der Waals surface area contributed by atoms with Gasteiger partial charge in [0.2, 0.25) is 5.91 Å². The molecule has 10 heteroatoms. The van der Waals surface area contributed by atoms with E-state index in [2.05, 4.69) is 16.0 Å². The number of para-hydroxylation sites is 1. The topological polar surface area (TPSA) is 144 Å². The fraction of sp³-hybridized carbons (Fsp3) is 0.235. The molecule has 2 rings (SSSR count). The van der Waals surface area contributed by atoms with E-state index in [4.69, 9.17) is 4.42 Å². The van der Waals surface area contributed by atoms with Crippen LogP contribution in [0.2, 0.25) is 0 Å². The molecule has 1 aromatic carbocycles. The molecular weight excluding hydrogens is 356 g/mol. The summed E-state index contributed by atoms with van der Waals surface area (Å²) in [6, 6.07) is 8.30. The molecule has 0 aliphatic carbocycles. The van der Waals surface area contributed by atoms with Crippen molar-refractivity contribution in [2.24, 2.45) is 0 Å². The third-order valence-corrected chi connectivity index (χ3v) is 3.27. The standard InChI is InChI=1S/C17H18N4O6/c1-10(2)19-14(22)9-18-16(23)11-5-3-4-6-12(11)20-17(24)13-7-8-15(27-13)21(25)26/h3-8,10H,9H2,1-2H3,(H,18,23)(H,19,22)(H,20,24). The second kappa shape index (κ2) is 8.61. The third-order valence-electron chi connectivity index (χ3n) is 3.27. The van der Waals surface area contributed by atoms with Gasteiger partial charge in [-0.05, 0) is 32.0 Å². The minimum absolute atomic E-state index is 0.0571. The fourth-order valence-electron chi connectivity index (χ4n) is 2.15. The quantitative estimate of drug-likeness (QED) is 0.497. The molecule has 0 unspecified atom stereocenters. The molecule has 3 N–H and O–H groups in total. The first-order chi connectivity index (χ1) is 12.8. The summed E-state index contributed by atoms with van der Waals surface area (Å²) in [6.45, 7) is 3.37. The Hall–Kier alpha value is -3.69. The van der Waals surface area contributed by atoms with Gasteiger partial charge < -0.3 is 20.4 Å². The summed E-state index contributed by atoms with van der Waals surface area (Å²) in [5.41, 5.74) is 0.299. The number of nitrogens with zero attached hydrogens (tertiary/aromatic N) is 1. The highest BCUT2D eigenvalue weighted by atomic mass is 16.6. The number of hydrogen-bond donors (Lipinski definition) is 3. The molecule has 0 aliphatic rings. The molecule has 3 amide bonds. The zero-order valence-electron chi connectivity index (χ0n) is 14.6. The predicted octanol–water partition coefficient (Wildman–Crippen LogP) is 1.69. The van der Waals surface area contributed by atoms with Crippen LogP contribution in [0.4, 0.5) is 11.6 Å². The number of nitro groups is 1. The summed E-state index contributed by atoms with van der Waals surface area (Å²) in [4.78, 5) is 46.0. The zero-order chi connectivity index (χ0) is 20.0. The van der Waals surface area contributed by atoms with Crippen molar-refractivity contribution >= 4 is 29.3 Å². The molecule has 142 valence electrons. The van der Waals surface area contributed by atoms with E-state index in [1.54, 1.807) is 26.0 Å². The largest absolute Gasteiger partial charge is 0.433 e. The first kappa shape index (κ1) is 19.6. The number of amides is 3. The minimum Gasteiger partial charge on any atom is -0.395 e. The Morgan fingerprint density at radius 2 is 1.81 bits per heavy atom. The highest BCUT2D eigenvalue weighted by Crippen LogP contribution is 2.19. The van der Waals surface area contributed by atoms with Crippen LogP contribution in [0, 0.1) is 10.1 Å². The lowest BCUT2D eigenvalue weighted by atomic mass is 10.1. The van der Waals surface area contributed by atoms with E-state index in [1.165, 1.54) is 12.1 Å². The molecule has 27 heavy (non-hydrogen) atoms. The number of carbonyl (C=O) groups is 3. The van der Waals surface area contributed by atoms with Crippen LogP contribution < -0.4 is 16.0 Å². The van der Waals surface area contributed by atoms with Crippen molar-refractivity contribution < 1.29 is 23.7 Å². The summed E-state index contributed by atoms with van der Waals surface area (Å²) >= 11 is 0. The molecule has 0 spiro atoms. The molecule has 0 saturated carbocycles. The van der Waals surface area contributed by atoms with Crippen LogP contribution in [0.1, 0.15) is 34.8 Å². The van der Waals surface area contributed by atoms with E-state index in [0.29, 0.717) is 0 Å². The molecule has 0 radical (unpaired) electrons. The van der Waals surface area contributed by atoms with E-state index >= 15 is 0 Å². The Balaban J connectivity index is 2.08. The smallest absolute Gasteiger partial charge is 0.395 e. The van der Waals surface area contributed by atoms with Gasteiger partial charge in [-0.1, -0.05) is 12.1 Å². The van der Waals surface area contributed by atoms with E-state index in [0.717, 1.165) is 12.1 Å². The van der Waals surface area contributed by atoms with E-state index in [9.17, 15) is 24.5 Å². The number of rotatable bonds is 7. The summed E-state index contributed by atoms with van der Waals surface area (Å²) in [5.74, 6) is -2.49. The second-order valence-electron chi connectivity index (χ2n) is 5.80. The van der Waals surface area contributed by atoms with Crippen molar-refractivity contribution in [1.82, 2.24) is 10.6 Å². The number of furan rings is 1. The normalized spacial score (nSPS) is 10.3. The van der Waals surface area contributed by atoms with E-state index < -0.39 is 22.6 Å². The highest BCUT2D eigenvalue weighted by Gasteiger charge is 2.19. The van der Waals surface area contributed by atoms with Gasteiger partial charge in [0.05, 0.1) is 23.9 Å². The SMILES string of the molecule is CC(C)NC(=O)CNC(=O)c1ccccc1NC(=O)c1ccc([N+](=O)[O-])o1. The van der Waals surface area contributed by atoms with Crippen molar-refractivity contribution in [1.29, 1.82) is 0 Å². The molecule has 0 fully saturated rings. The van der Waals surface area contributed by atoms with Crippen LogP contribution in [0.25, 0.3) is 0 Å². The number of hydrogen-bond acceptors (Lipinski definition) is 6.